The fourth-order valence-electron chi connectivity index (χ4n) is 4.18. The maximum absolute atomic E-state index is 13.6. The number of hydrogen-bond acceptors (Lipinski definition) is 6. The lowest BCUT2D eigenvalue weighted by Gasteiger charge is -2.36. The summed E-state index contributed by atoms with van der Waals surface area (Å²) in [5.74, 6) is -1.11. The Bertz CT molecular complexity index is 845. The molecule has 0 spiro atoms. The van der Waals surface area contributed by atoms with Crippen LogP contribution >= 0.6 is 0 Å². The van der Waals surface area contributed by atoms with E-state index in [2.05, 4.69) is 5.32 Å². The van der Waals surface area contributed by atoms with Crippen molar-refractivity contribution in [1.82, 2.24) is 15.1 Å². The van der Waals surface area contributed by atoms with E-state index in [1.165, 1.54) is 4.90 Å². The summed E-state index contributed by atoms with van der Waals surface area (Å²) in [6.07, 6.45) is 0.786. The Balaban J connectivity index is 1.73. The second-order valence-corrected chi connectivity index (χ2v) is 10.2. The van der Waals surface area contributed by atoms with Crippen molar-refractivity contribution < 1.29 is 24.2 Å². The molecular weight excluding hydrogens is 410 g/mol. The summed E-state index contributed by atoms with van der Waals surface area (Å²) in [7, 11) is 3.71. The van der Waals surface area contributed by atoms with Gasteiger partial charge in [-0.15, -0.1) is 0 Å². The van der Waals surface area contributed by atoms with Crippen LogP contribution in [0.5, 0.6) is 0 Å². The lowest BCUT2D eigenvalue weighted by Crippen LogP contribution is -2.60. The van der Waals surface area contributed by atoms with Crippen LogP contribution in [0.1, 0.15) is 45.6 Å². The molecule has 32 heavy (non-hydrogen) atoms. The van der Waals surface area contributed by atoms with E-state index in [4.69, 9.17) is 4.74 Å². The van der Waals surface area contributed by atoms with Crippen molar-refractivity contribution in [2.45, 2.75) is 70.4 Å². The molecule has 0 radical (unpaired) electrons. The van der Waals surface area contributed by atoms with Gasteiger partial charge in [0.15, 0.2) is 0 Å². The summed E-state index contributed by atoms with van der Waals surface area (Å²) in [4.78, 5) is 42.6. The minimum atomic E-state index is -0.883. The van der Waals surface area contributed by atoms with Gasteiger partial charge in [-0.05, 0) is 37.9 Å². The molecule has 176 valence electrons. The summed E-state index contributed by atoms with van der Waals surface area (Å²) in [6, 6.07) is 7.58. The third-order valence-corrected chi connectivity index (χ3v) is 6.45. The lowest BCUT2D eigenvalue weighted by molar-refractivity contribution is -0.156. The number of carbonyl (C=O) groups is 3. The summed E-state index contributed by atoms with van der Waals surface area (Å²) in [5, 5.41) is 13.2. The molecule has 3 atom stereocenters. The Morgan fingerprint density at radius 1 is 1.22 bits per heavy atom. The molecule has 2 fully saturated rings. The lowest BCUT2D eigenvalue weighted by atomic mass is 9.85. The molecule has 8 heteroatoms. The largest absolute Gasteiger partial charge is 0.459 e. The number of rotatable bonds is 7. The topological polar surface area (TPSA) is 99.2 Å². The molecule has 8 nitrogen and oxygen atoms in total. The maximum Gasteiger partial charge on any atom is 0.329 e. The number of esters is 1. The van der Waals surface area contributed by atoms with Gasteiger partial charge in [-0.1, -0.05) is 51.1 Å². The number of β-amino-alcohol motifs (C(OH)–C–C–N with tert-alkyl or cyclic N) is 1. The Morgan fingerprint density at radius 2 is 1.84 bits per heavy atom. The molecule has 2 amide bonds. The van der Waals surface area contributed by atoms with Gasteiger partial charge >= 0.3 is 5.97 Å². The summed E-state index contributed by atoms with van der Waals surface area (Å²) in [6.45, 7) is 5.76. The van der Waals surface area contributed by atoms with Crippen molar-refractivity contribution in [1.29, 1.82) is 0 Å². The van der Waals surface area contributed by atoms with Crippen molar-refractivity contribution in [3.05, 3.63) is 35.9 Å². The van der Waals surface area contributed by atoms with Gasteiger partial charge in [0.2, 0.25) is 11.8 Å². The number of aliphatic hydroxyl groups excluding tert-OH is 1. The fourth-order valence-corrected chi connectivity index (χ4v) is 4.18. The van der Waals surface area contributed by atoms with Crippen LogP contribution in [0.2, 0.25) is 0 Å². The van der Waals surface area contributed by atoms with Crippen LogP contribution in [0.4, 0.5) is 0 Å². The Morgan fingerprint density at radius 3 is 2.38 bits per heavy atom. The SMILES string of the molecule is CN(C)C1(C(=O)N[C@H](C(=O)N2C[C@H](O)C[C@H]2C(=O)OCc2ccccc2)C(C)(C)C)CC1. The Hall–Kier alpha value is -2.45. The first-order valence-corrected chi connectivity index (χ1v) is 11.1. The average Bonchev–Trinajstić information content (AvgIpc) is 3.46. The maximum atomic E-state index is 13.6. The quantitative estimate of drug-likeness (QED) is 0.614. The van der Waals surface area contributed by atoms with Gasteiger partial charge in [0, 0.05) is 13.0 Å². The highest BCUT2D eigenvalue weighted by Crippen LogP contribution is 2.41. The Kier molecular flexibility index (Phi) is 6.95. The molecule has 1 saturated carbocycles. The summed E-state index contributed by atoms with van der Waals surface area (Å²) >= 11 is 0. The molecule has 1 heterocycles. The summed E-state index contributed by atoms with van der Waals surface area (Å²) < 4.78 is 5.44. The number of hydrogen-bond donors (Lipinski definition) is 2. The molecule has 2 N–H and O–H groups in total. The van der Waals surface area contributed by atoms with Crippen molar-refractivity contribution in [2.24, 2.45) is 5.41 Å². The third kappa shape index (κ3) is 5.13. The van der Waals surface area contributed by atoms with E-state index in [1.54, 1.807) is 0 Å². The van der Waals surface area contributed by atoms with Gasteiger partial charge in [0.1, 0.15) is 18.7 Å². The molecule has 2 aliphatic rings. The molecule has 3 rings (SSSR count). The van der Waals surface area contributed by atoms with Gasteiger partial charge in [0.25, 0.3) is 0 Å². The van der Waals surface area contributed by atoms with E-state index < -0.39 is 35.1 Å². The molecule has 1 saturated heterocycles. The minimum Gasteiger partial charge on any atom is -0.459 e. The van der Waals surface area contributed by atoms with E-state index in [9.17, 15) is 19.5 Å². The molecular formula is C24H35N3O5. The first kappa shape index (κ1) is 24.2. The van der Waals surface area contributed by atoms with E-state index in [0.717, 1.165) is 18.4 Å². The van der Waals surface area contributed by atoms with E-state index >= 15 is 0 Å². The van der Waals surface area contributed by atoms with Crippen LogP contribution in [0.15, 0.2) is 30.3 Å². The van der Waals surface area contributed by atoms with Crippen molar-refractivity contribution in [2.75, 3.05) is 20.6 Å². The van der Waals surface area contributed by atoms with Crippen LogP contribution in [-0.4, -0.2) is 77.1 Å². The smallest absolute Gasteiger partial charge is 0.329 e. The van der Waals surface area contributed by atoms with Gasteiger partial charge in [-0.3, -0.25) is 14.5 Å². The van der Waals surface area contributed by atoms with Gasteiger partial charge in [0.05, 0.1) is 11.6 Å². The monoisotopic (exact) mass is 445 g/mol. The zero-order chi connectivity index (χ0) is 23.7. The summed E-state index contributed by atoms with van der Waals surface area (Å²) in [5.41, 5.74) is -0.320. The highest BCUT2D eigenvalue weighted by molar-refractivity contribution is 5.95. The van der Waals surface area contributed by atoms with E-state index in [-0.39, 0.29) is 31.4 Å². The van der Waals surface area contributed by atoms with Crippen molar-refractivity contribution >= 4 is 17.8 Å². The van der Waals surface area contributed by atoms with Crippen LogP contribution in [-0.2, 0) is 25.7 Å². The van der Waals surface area contributed by atoms with Gasteiger partial charge < -0.3 is 20.1 Å². The zero-order valence-corrected chi connectivity index (χ0v) is 19.6. The fraction of sp³-hybridized carbons (Fsp3) is 0.625. The molecule has 0 bridgehead atoms. The molecule has 1 aromatic rings. The Labute approximate surface area is 189 Å². The first-order valence-electron chi connectivity index (χ1n) is 11.1. The number of amides is 2. The number of nitrogens with zero attached hydrogens (tertiary/aromatic N) is 2. The van der Waals surface area contributed by atoms with Crippen LogP contribution in [0.25, 0.3) is 0 Å². The van der Waals surface area contributed by atoms with Gasteiger partial charge in [-0.2, -0.15) is 0 Å². The predicted octanol–water partition coefficient (Wildman–Crippen LogP) is 1.32. The second kappa shape index (κ2) is 9.19. The first-order chi connectivity index (χ1) is 15.0. The van der Waals surface area contributed by atoms with Crippen molar-refractivity contribution in [3.63, 3.8) is 0 Å². The number of nitrogens with one attached hydrogen (secondary N) is 1. The van der Waals surface area contributed by atoms with Crippen LogP contribution in [0, 0.1) is 5.41 Å². The third-order valence-electron chi connectivity index (χ3n) is 6.45. The molecule has 0 unspecified atom stereocenters. The highest BCUT2D eigenvalue weighted by Gasteiger charge is 2.54. The normalized spacial score (nSPS) is 23.0. The van der Waals surface area contributed by atoms with Gasteiger partial charge in [-0.25, -0.2) is 4.79 Å². The molecule has 0 aromatic heterocycles. The van der Waals surface area contributed by atoms with Crippen LogP contribution in [0.3, 0.4) is 0 Å². The molecule has 1 aliphatic carbocycles. The van der Waals surface area contributed by atoms with Crippen molar-refractivity contribution in [3.8, 4) is 0 Å². The number of likely N-dealkylation sites (tertiary alicyclic amines) is 1. The number of benzene rings is 1. The van der Waals surface area contributed by atoms with Crippen LogP contribution < -0.4 is 5.32 Å². The second-order valence-electron chi connectivity index (χ2n) is 10.2. The highest BCUT2D eigenvalue weighted by atomic mass is 16.5. The number of aliphatic hydroxyl groups is 1. The number of likely N-dealkylation sites (N-methyl/N-ethyl adjacent to an activating group) is 1. The molecule has 1 aliphatic heterocycles. The average molecular weight is 446 g/mol. The zero-order valence-electron chi connectivity index (χ0n) is 19.6. The standard InChI is InChI=1S/C24H35N3O5/c1-23(2,3)19(25-22(31)24(11-12-24)26(4)5)20(29)27-14-17(28)13-18(27)21(30)32-15-16-9-7-6-8-10-16/h6-10,17-19,28H,11-15H2,1-5H3,(H,25,31)/t17-,18+,19-/m1/s1. The number of carbonyl (C=O) groups excluding carboxylic acids is 3. The van der Waals surface area contributed by atoms with E-state index in [0.29, 0.717) is 0 Å². The molecule has 1 aromatic carbocycles. The van der Waals surface area contributed by atoms with E-state index in [1.807, 2.05) is 70.1 Å². The predicted molar refractivity (Wildman–Crippen MR) is 119 cm³/mol. The number of ether oxygens (including phenoxy) is 1. The minimum absolute atomic E-state index is 0.0329.